The number of hydrogen-bond donors (Lipinski definition) is 1. The van der Waals surface area contributed by atoms with Crippen LogP contribution in [0.5, 0.6) is 5.75 Å². The van der Waals surface area contributed by atoms with E-state index in [1.165, 1.54) is 11.9 Å². The molecule has 2 aromatic rings. The van der Waals surface area contributed by atoms with Crippen LogP contribution in [0.1, 0.15) is 24.3 Å². The molecule has 4 aliphatic rings. The van der Waals surface area contributed by atoms with E-state index in [9.17, 15) is 24.3 Å². The molecule has 1 saturated carbocycles. The first-order chi connectivity index (χ1) is 19.1. The van der Waals surface area contributed by atoms with Crippen LogP contribution >= 0.6 is 45.8 Å². The summed E-state index contributed by atoms with van der Waals surface area (Å²) in [4.78, 5) is 53.4. The van der Waals surface area contributed by atoms with Gasteiger partial charge in [0.25, 0.3) is 11.8 Å². The second-order valence-electron chi connectivity index (χ2n) is 10.6. The number of ether oxygens (including phenoxy) is 1. The summed E-state index contributed by atoms with van der Waals surface area (Å²) in [6, 6.07) is 14.1. The summed E-state index contributed by atoms with van der Waals surface area (Å²) in [7, 11) is 1.35. The molecule has 8 nitrogen and oxygen atoms in total. The number of amides is 4. The Balaban J connectivity index is 1.51. The number of halogens is 3. The van der Waals surface area contributed by atoms with Crippen LogP contribution in [0.15, 0.2) is 60.2 Å². The van der Waals surface area contributed by atoms with E-state index >= 15 is 0 Å². The average molecular weight is 695 g/mol. The number of allylic oxidation sites excluding steroid dienone is 2. The van der Waals surface area contributed by atoms with Crippen molar-refractivity contribution >= 4 is 75.1 Å². The molecular formula is C29H25Cl2IN2O6. The first-order valence-corrected chi connectivity index (χ1v) is 14.8. The Bertz CT molecular complexity index is 1480. The monoisotopic (exact) mass is 694 g/mol. The highest BCUT2D eigenvalue weighted by atomic mass is 127. The average Bonchev–Trinajstić information content (AvgIpc) is 3.27. The maximum atomic E-state index is 14.0. The summed E-state index contributed by atoms with van der Waals surface area (Å²) in [5.41, 5.74) is 1.70. The number of aliphatic hydroxyl groups is 1. The smallest absolute Gasteiger partial charge is 0.253 e. The maximum absolute atomic E-state index is 14.0. The molecule has 40 heavy (non-hydrogen) atoms. The zero-order chi connectivity index (χ0) is 28.6. The van der Waals surface area contributed by atoms with Crippen LogP contribution in [0.25, 0.3) is 0 Å². The van der Waals surface area contributed by atoms with Gasteiger partial charge in [0.05, 0.1) is 24.1 Å². The van der Waals surface area contributed by atoms with Gasteiger partial charge in [0.2, 0.25) is 11.8 Å². The van der Waals surface area contributed by atoms with E-state index in [2.05, 4.69) is 22.6 Å². The lowest BCUT2D eigenvalue weighted by atomic mass is 9.56. The minimum Gasteiger partial charge on any atom is -0.491 e. The number of imide groups is 2. The Hall–Kier alpha value is -2.47. The largest absolute Gasteiger partial charge is 0.491 e. The lowest BCUT2D eigenvalue weighted by Crippen LogP contribution is -2.60. The van der Waals surface area contributed by atoms with E-state index in [-0.39, 0.29) is 37.9 Å². The number of likely N-dealkylation sites (tertiary alicyclic amines) is 1. The van der Waals surface area contributed by atoms with Gasteiger partial charge in [-0.2, -0.15) is 0 Å². The molecule has 0 aromatic heterocycles. The summed E-state index contributed by atoms with van der Waals surface area (Å²) >= 11 is 16.6. The fourth-order valence-electron chi connectivity index (χ4n) is 6.94. The molecular weight excluding hydrogens is 670 g/mol. The third kappa shape index (κ3) is 3.66. The van der Waals surface area contributed by atoms with Crippen LogP contribution in [-0.4, -0.2) is 63.6 Å². The highest BCUT2D eigenvalue weighted by Gasteiger charge is 2.76. The number of para-hydroxylation sites is 1. The van der Waals surface area contributed by atoms with Crippen molar-refractivity contribution in [3.8, 4) is 5.75 Å². The third-order valence-electron chi connectivity index (χ3n) is 8.68. The SMILES string of the molecule is CN1C(=O)C2(Cl)CC3C(=CCC4C(=O)N(c5ccc(I)cc5)C(=O)C43)C(c3ccccc3OCCO)C2(Cl)C1=O. The molecule has 4 amide bonds. The van der Waals surface area contributed by atoms with Crippen molar-refractivity contribution in [1.82, 2.24) is 4.90 Å². The van der Waals surface area contributed by atoms with E-state index in [0.717, 1.165) is 8.47 Å². The van der Waals surface area contributed by atoms with Gasteiger partial charge in [-0.05, 0) is 71.7 Å². The number of anilines is 1. The van der Waals surface area contributed by atoms with Crippen LogP contribution in [0.2, 0.25) is 0 Å². The van der Waals surface area contributed by atoms with E-state index in [1.54, 1.807) is 36.4 Å². The highest BCUT2D eigenvalue weighted by Crippen LogP contribution is 2.66. The quantitative estimate of drug-likeness (QED) is 0.221. The summed E-state index contributed by atoms with van der Waals surface area (Å²) in [5, 5.41) is 9.40. The Kier molecular flexibility index (Phi) is 6.80. The van der Waals surface area contributed by atoms with E-state index in [4.69, 9.17) is 27.9 Å². The second kappa shape index (κ2) is 9.82. The molecule has 2 saturated heterocycles. The van der Waals surface area contributed by atoms with Gasteiger partial charge < -0.3 is 9.84 Å². The van der Waals surface area contributed by atoms with Crippen molar-refractivity contribution in [2.45, 2.75) is 28.5 Å². The predicted molar refractivity (Wildman–Crippen MR) is 156 cm³/mol. The van der Waals surface area contributed by atoms with Crippen molar-refractivity contribution in [3.05, 3.63) is 69.3 Å². The normalized spacial score (nSPS) is 33.1. The molecule has 0 bridgehead atoms. The molecule has 6 atom stereocenters. The summed E-state index contributed by atoms with van der Waals surface area (Å²) in [5.74, 6) is -4.48. The fourth-order valence-corrected chi connectivity index (χ4v) is 8.31. The molecule has 2 aliphatic carbocycles. The Morgan fingerprint density at radius 1 is 1.00 bits per heavy atom. The topological polar surface area (TPSA) is 104 Å². The molecule has 6 unspecified atom stereocenters. The zero-order valence-corrected chi connectivity index (χ0v) is 25.0. The van der Waals surface area contributed by atoms with Crippen LogP contribution in [0, 0.1) is 21.3 Å². The van der Waals surface area contributed by atoms with Crippen molar-refractivity contribution in [3.63, 3.8) is 0 Å². The summed E-state index contributed by atoms with van der Waals surface area (Å²) in [6.07, 6.45) is 2.09. The standard InChI is InChI=1S/C29H25Cl2IN2O6/c1-33-26(38)28(30)14-20-17(23(29(28,31)27(33)39)18-4-2-3-5-21(18)40-13-12-35)10-11-19-22(20)25(37)34(24(19)36)16-8-6-15(32)7-9-16/h2-10,19-20,22-23,35H,11-14H2,1H3. The molecule has 208 valence electrons. The summed E-state index contributed by atoms with van der Waals surface area (Å²) in [6.45, 7) is -0.229. The Morgan fingerprint density at radius 3 is 2.40 bits per heavy atom. The van der Waals surface area contributed by atoms with E-state index in [1.807, 2.05) is 18.2 Å². The molecule has 2 aliphatic heterocycles. The fraction of sp³-hybridized carbons (Fsp3) is 0.379. The lowest BCUT2D eigenvalue weighted by Gasteiger charge is -2.51. The van der Waals surface area contributed by atoms with Crippen LogP contribution in [0.3, 0.4) is 0 Å². The number of nitrogens with zero attached hydrogens (tertiary/aromatic N) is 2. The van der Waals surface area contributed by atoms with Crippen molar-refractivity contribution < 1.29 is 29.0 Å². The lowest BCUT2D eigenvalue weighted by molar-refractivity contribution is -0.138. The first-order valence-electron chi connectivity index (χ1n) is 12.9. The second-order valence-corrected chi connectivity index (χ2v) is 13.1. The first kappa shape index (κ1) is 27.7. The van der Waals surface area contributed by atoms with Crippen LogP contribution < -0.4 is 9.64 Å². The molecule has 11 heteroatoms. The van der Waals surface area contributed by atoms with Crippen molar-refractivity contribution in [2.75, 3.05) is 25.2 Å². The van der Waals surface area contributed by atoms with E-state index in [0.29, 0.717) is 22.6 Å². The minimum atomic E-state index is -1.89. The van der Waals surface area contributed by atoms with Crippen molar-refractivity contribution in [2.24, 2.45) is 17.8 Å². The van der Waals surface area contributed by atoms with Gasteiger partial charge in [-0.1, -0.05) is 29.8 Å². The van der Waals surface area contributed by atoms with Gasteiger partial charge in [-0.3, -0.25) is 29.0 Å². The summed E-state index contributed by atoms with van der Waals surface area (Å²) < 4.78 is 6.79. The number of aliphatic hydroxyl groups excluding tert-OH is 1. The van der Waals surface area contributed by atoms with Crippen molar-refractivity contribution in [1.29, 1.82) is 0 Å². The number of fused-ring (bicyclic) bond motifs is 4. The minimum absolute atomic E-state index is 0.00293. The predicted octanol–water partition coefficient (Wildman–Crippen LogP) is 3.86. The molecule has 2 aromatic carbocycles. The molecule has 0 spiro atoms. The van der Waals surface area contributed by atoms with Gasteiger partial charge >= 0.3 is 0 Å². The number of hydrogen-bond acceptors (Lipinski definition) is 6. The number of rotatable bonds is 5. The highest BCUT2D eigenvalue weighted by molar-refractivity contribution is 14.1. The Morgan fingerprint density at radius 2 is 1.70 bits per heavy atom. The number of benzene rings is 2. The van der Waals surface area contributed by atoms with Gasteiger partial charge in [0.15, 0.2) is 9.75 Å². The zero-order valence-electron chi connectivity index (χ0n) is 21.4. The molecule has 0 radical (unpaired) electrons. The molecule has 2 heterocycles. The van der Waals surface area contributed by atoms with Crippen LogP contribution in [-0.2, 0) is 19.2 Å². The molecule has 3 fully saturated rings. The maximum Gasteiger partial charge on any atom is 0.253 e. The van der Waals surface area contributed by atoms with Gasteiger partial charge in [-0.25, -0.2) is 0 Å². The Labute approximate surface area is 254 Å². The van der Waals surface area contributed by atoms with Crippen LogP contribution in [0.4, 0.5) is 5.69 Å². The molecule has 6 rings (SSSR count). The third-order valence-corrected chi connectivity index (χ3v) is 10.8. The van der Waals surface area contributed by atoms with Gasteiger partial charge in [0.1, 0.15) is 12.4 Å². The van der Waals surface area contributed by atoms with Gasteiger partial charge in [-0.15, -0.1) is 23.2 Å². The number of alkyl halides is 2. The van der Waals surface area contributed by atoms with Gasteiger partial charge in [0, 0.05) is 22.1 Å². The van der Waals surface area contributed by atoms with E-state index < -0.39 is 45.2 Å². The molecule has 1 N–H and O–H groups in total. The number of carbonyl (C=O) groups excluding carboxylic acids is 4. The number of carbonyl (C=O) groups is 4.